The number of nitrogens with zero attached hydrogens (tertiary/aromatic N) is 2. The number of hydrogen-bond donors (Lipinski definition) is 6. The van der Waals surface area contributed by atoms with E-state index in [9.17, 15) is 40.7 Å². The monoisotopic (exact) mass is 347 g/mol. The molecular formula is C12H17N3O9. The fraction of sp³-hybridized carbons (Fsp3) is 0.500. The number of benzene rings is 1. The number of rotatable bonds is 9. The van der Waals surface area contributed by atoms with Crippen LogP contribution in [-0.2, 0) is 0 Å². The van der Waals surface area contributed by atoms with E-state index in [1.54, 1.807) is 0 Å². The summed E-state index contributed by atoms with van der Waals surface area (Å²) < 4.78 is 0. The molecule has 0 saturated carbocycles. The van der Waals surface area contributed by atoms with Crippen LogP contribution in [0.25, 0.3) is 0 Å². The molecule has 0 unspecified atom stereocenters. The number of nitro benzene ring substituents is 2. The standard InChI is InChI=1S/C12H17N3O9/c16-5-10(18)12(20)11(19)9(17)4-13-7-2-1-6(14(21)22)3-8(7)15(23)24/h1-3,9-13,16-20H,4-5H2/t9-,10+,11-,12-/m1/s1. The van der Waals surface area contributed by atoms with Crippen LogP contribution in [0, 0.1) is 20.2 Å². The third kappa shape index (κ3) is 4.81. The van der Waals surface area contributed by atoms with Gasteiger partial charge in [-0.3, -0.25) is 20.2 Å². The van der Waals surface area contributed by atoms with Gasteiger partial charge in [0.25, 0.3) is 11.4 Å². The van der Waals surface area contributed by atoms with Gasteiger partial charge in [-0.25, -0.2) is 0 Å². The van der Waals surface area contributed by atoms with Crippen molar-refractivity contribution < 1.29 is 35.4 Å². The summed E-state index contributed by atoms with van der Waals surface area (Å²) in [5.41, 5.74) is -1.25. The van der Waals surface area contributed by atoms with E-state index >= 15 is 0 Å². The fourth-order valence-electron chi connectivity index (χ4n) is 1.83. The molecule has 0 fully saturated rings. The summed E-state index contributed by atoms with van der Waals surface area (Å²) in [5.74, 6) is 0. The van der Waals surface area contributed by atoms with Gasteiger partial charge in [0.1, 0.15) is 24.0 Å². The third-order valence-electron chi connectivity index (χ3n) is 3.22. The van der Waals surface area contributed by atoms with Crippen molar-refractivity contribution in [2.45, 2.75) is 24.4 Å². The van der Waals surface area contributed by atoms with E-state index < -0.39 is 58.8 Å². The Hall–Kier alpha value is -2.38. The molecule has 0 saturated heterocycles. The second kappa shape index (κ2) is 8.47. The lowest BCUT2D eigenvalue weighted by molar-refractivity contribution is -0.393. The number of non-ortho nitro benzene ring substituents is 1. The van der Waals surface area contributed by atoms with Crippen molar-refractivity contribution in [3.8, 4) is 0 Å². The molecule has 0 amide bonds. The molecule has 4 atom stereocenters. The fourth-order valence-corrected chi connectivity index (χ4v) is 1.83. The predicted molar refractivity (Wildman–Crippen MR) is 79.4 cm³/mol. The molecular weight excluding hydrogens is 330 g/mol. The molecule has 0 aliphatic rings. The molecule has 1 aromatic carbocycles. The Labute approximate surface area is 134 Å². The number of nitro groups is 2. The van der Waals surface area contributed by atoms with Gasteiger partial charge in [-0.1, -0.05) is 0 Å². The lowest BCUT2D eigenvalue weighted by Crippen LogP contribution is -2.48. The summed E-state index contributed by atoms with van der Waals surface area (Å²) in [6.45, 7) is -1.30. The largest absolute Gasteiger partial charge is 0.394 e. The zero-order valence-corrected chi connectivity index (χ0v) is 12.2. The molecule has 1 rings (SSSR count). The van der Waals surface area contributed by atoms with Gasteiger partial charge >= 0.3 is 0 Å². The minimum atomic E-state index is -1.84. The Balaban J connectivity index is 2.83. The number of hydrogen-bond acceptors (Lipinski definition) is 10. The predicted octanol–water partition coefficient (Wildman–Crippen LogP) is -1.65. The zero-order valence-electron chi connectivity index (χ0n) is 12.2. The molecule has 134 valence electrons. The van der Waals surface area contributed by atoms with Crippen LogP contribution >= 0.6 is 0 Å². The second-order valence-electron chi connectivity index (χ2n) is 4.90. The Bertz CT molecular complexity index is 597. The highest BCUT2D eigenvalue weighted by Gasteiger charge is 2.30. The van der Waals surface area contributed by atoms with Crippen LogP contribution in [0.4, 0.5) is 17.1 Å². The Morgan fingerprint density at radius 3 is 2.08 bits per heavy atom. The quantitative estimate of drug-likeness (QED) is 0.222. The lowest BCUT2D eigenvalue weighted by atomic mass is 10.0. The first-order chi connectivity index (χ1) is 11.2. The SMILES string of the molecule is O=[N+]([O-])c1ccc(NC[C@@H](O)[C@@H](O)[C@H](O)[C@@H](O)CO)c([N+](=O)[O-])c1. The molecule has 0 aromatic heterocycles. The van der Waals surface area contributed by atoms with E-state index in [0.717, 1.165) is 18.2 Å². The molecule has 0 spiro atoms. The minimum absolute atomic E-state index is 0.144. The highest BCUT2D eigenvalue weighted by atomic mass is 16.6. The van der Waals surface area contributed by atoms with Crippen LogP contribution in [0.1, 0.15) is 0 Å². The zero-order chi connectivity index (χ0) is 18.4. The second-order valence-corrected chi connectivity index (χ2v) is 4.90. The molecule has 0 radical (unpaired) electrons. The van der Waals surface area contributed by atoms with Crippen LogP contribution < -0.4 is 5.32 Å². The van der Waals surface area contributed by atoms with Crippen LogP contribution in [0.15, 0.2) is 18.2 Å². The van der Waals surface area contributed by atoms with Crippen LogP contribution in [0.2, 0.25) is 0 Å². The average molecular weight is 347 g/mol. The van der Waals surface area contributed by atoms with E-state index in [1.807, 2.05) is 0 Å². The molecule has 12 nitrogen and oxygen atoms in total. The Morgan fingerprint density at radius 2 is 1.58 bits per heavy atom. The number of aliphatic hydroxyl groups is 5. The molecule has 0 heterocycles. The molecule has 0 aliphatic heterocycles. The maximum absolute atomic E-state index is 10.9. The van der Waals surface area contributed by atoms with E-state index in [-0.39, 0.29) is 5.69 Å². The van der Waals surface area contributed by atoms with Crippen molar-refractivity contribution in [1.82, 2.24) is 0 Å². The summed E-state index contributed by atoms with van der Waals surface area (Å²) in [4.78, 5) is 19.9. The average Bonchev–Trinajstić information content (AvgIpc) is 2.56. The van der Waals surface area contributed by atoms with Gasteiger partial charge in [-0.05, 0) is 6.07 Å². The van der Waals surface area contributed by atoms with Gasteiger partial charge in [-0.2, -0.15) is 0 Å². The van der Waals surface area contributed by atoms with Gasteiger partial charge in [0.2, 0.25) is 0 Å². The Morgan fingerprint density at radius 1 is 1.00 bits per heavy atom. The minimum Gasteiger partial charge on any atom is -0.394 e. The molecule has 1 aromatic rings. The van der Waals surface area contributed by atoms with E-state index in [0.29, 0.717) is 0 Å². The first-order valence-corrected chi connectivity index (χ1v) is 6.68. The number of aliphatic hydroxyl groups excluding tert-OH is 5. The summed E-state index contributed by atoms with van der Waals surface area (Å²) in [5, 5.41) is 70.7. The molecule has 6 N–H and O–H groups in total. The van der Waals surface area contributed by atoms with E-state index in [2.05, 4.69) is 5.32 Å². The van der Waals surface area contributed by atoms with Crippen molar-refractivity contribution in [2.24, 2.45) is 0 Å². The Kier molecular flexibility index (Phi) is 6.94. The van der Waals surface area contributed by atoms with Gasteiger partial charge < -0.3 is 30.8 Å². The summed E-state index contributed by atoms with van der Waals surface area (Å²) >= 11 is 0. The highest BCUT2D eigenvalue weighted by molar-refractivity contribution is 5.65. The van der Waals surface area contributed by atoms with Gasteiger partial charge in [0.15, 0.2) is 0 Å². The molecule has 24 heavy (non-hydrogen) atoms. The number of nitrogens with one attached hydrogen (secondary N) is 1. The first kappa shape index (κ1) is 19.7. The first-order valence-electron chi connectivity index (χ1n) is 6.68. The summed E-state index contributed by atoms with van der Waals surface area (Å²) in [6.07, 6.45) is -6.99. The van der Waals surface area contributed by atoms with Crippen LogP contribution in [-0.4, -0.2) is 72.9 Å². The van der Waals surface area contributed by atoms with Crippen LogP contribution in [0.3, 0.4) is 0 Å². The number of anilines is 1. The smallest absolute Gasteiger partial charge is 0.299 e. The highest BCUT2D eigenvalue weighted by Crippen LogP contribution is 2.28. The maximum Gasteiger partial charge on any atom is 0.299 e. The molecule has 0 bridgehead atoms. The third-order valence-corrected chi connectivity index (χ3v) is 3.22. The van der Waals surface area contributed by atoms with Crippen molar-refractivity contribution in [3.63, 3.8) is 0 Å². The van der Waals surface area contributed by atoms with Gasteiger partial charge in [0.05, 0.1) is 28.6 Å². The van der Waals surface area contributed by atoms with Crippen molar-refractivity contribution >= 4 is 17.1 Å². The van der Waals surface area contributed by atoms with Crippen molar-refractivity contribution in [3.05, 3.63) is 38.4 Å². The maximum atomic E-state index is 10.9. The van der Waals surface area contributed by atoms with Gasteiger partial charge in [-0.15, -0.1) is 0 Å². The van der Waals surface area contributed by atoms with Crippen molar-refractivity contribution in [2.75, 3.05) is 18.5 Å². The molecule has 12 heteroatoms. The normalized spacial score (nSPS) is 16.0. The lowest BCUT2D eigenvalue weighted by Gasteiger charge is -2.25. The van der Waals surface area contributed by atoms with Crippen LogP contribution in [0.5, 0.6) is 0 Å². The molecule has 0 aliphatic carbocycles. The summed E-state index contributed by atoms with van der Waals surface area (Å²) in [6, 6.07) is 2.81. The van der Waals surface area contributed by atoms with Crippen molar-refractivity contribution in [1.29, 1.82) is 0 Å². The van der Waals surface area contributed by atoms with E-state index in [4.69, 9.17) is 5.11 Å². The van der Waals surface area contributed by atoms with E-state index in [1.165, 1.54) is 0 Å². The summed E-state index contributed by atoms with van der Waals surface area (Å²) in [7, 11) is 0. The topological polar surface area (TPSA) is 199 Å². The van der Waals surface area contributed by atoms with Gasteiger partial charge in [0, 0.05) is 12.6 Å².